The molecular formula is C13H17BrO. The van der Waals surface area contributed by atoms with Crippen LogP contribution in [0.5, 0.6) is 0 Å². The molecule has 1 aromatic carbocycles. The minimum absolute atomic E-state index is 0.0130. The number of aliphatic hydroxyl groups excluding tert-OH is 1. The lowest BCUT2D eigenvalue weighted by molar-refractivity contribution is 0.231. The van der Waals surface area contributed by atoms with Crippen LogP contribution < -0.4 is 0 Å². The number of rotatable bonds is 2. The molecule has 1 aliphatic rings. The van der Waals surface area contributed by atoms with Crippen LogP contribution in [0, 0.1) is 12.3 Å². The molecule has 0 radical (unpaired) electrons. The lowest BCUT2D eigenvalue weighted by atomic mass is 9.86. The monoisotopic (exact) mass is 268 g/mol. The highest BCUT2D eigenvalue weighted by Crippen LogP contribution is 2.64. The van der Waals surface area contributed by atoms with Gasteiger partial charge >= 0.3 is 0 Å². The lowest BCUT2D eigenvalue weighted by Gasteiger charge is -2.21. The van der Waals surface area contributed by atoms with Gasteiger partial charge in [0.2, 0.25) is 0 Å². The fourth-order valence-corrected chi connectivity index (χ4v) is 3.00. The van der Waals surface area contributed by atoms with Gasteiger partial charge in [0.25, 0.3) is 0 Å². The minimum Gasteiger partial charge on any atom is -0.395 e. The summed E-state index contributed by atoms with van der Waals surface area (Å²) in [5, 5.41) is 9.65. The van der Waals surface area contributed by atoms with Gasteiger partial charge in [-0.25, -0.2) is 0 Å². The molecule has 0 aromatic heterocycles. The first-order valence-corrected chi connectivity index (χ1v) is 6.10. The summed E-state index contributed by atoms with van der Waals surface area (Å²) < 4.78 is 1.10. The molecule has 82 valence electrons. The SMILES string of the molecule is Cc1ccc(Br)cc1C1(CO)CC1(C)C. The molecule has 0 amide bonds. The lowest BCUT2D eigenvalue weighted by Crippen LogP contribution is -2.20. The maximum atomic E-state index is 9.65. The van der Waals surface area contributed by atoms with Crippen LogP contribution >= 0.6 is 15.9 Å². The van der Waals surface area contributed by atoms with Crippen molar-refractivity contribution in [1.29, 1.82) is 0 Å². The molecule has 0 saturated heterocycles. The van der Waals surface area contributed by atoms with Crippen molar-refractivity contribution in [3.63, 3.8) is 0 Å². The Bertz CT molecular complexity index is 398. The van der Waals surface area contributed by atoms with E-state index < -0.39 is 0 Å². The molecule has 1 saturated carbocycles. The summed E-state index contributed by atoms with van der Waals surface area (Å²) in [7, 11) is 0. The van der Waals surface area contributed by atoms with Gasteiger partial charge in [0, 0.05) is 9.89 Å². The number of halogens is 1. The van der Waals surface area contributed by atoms with Crippen molar-refractivity contribution in [2.45, 2.75) is 32.6 Å². The number of benzene rings is 1. The van der Waals surface area contributed by atoms with E-state index in [0.717, 1.165) is 10.9 Å². The highest BCUT2D eigenvalue weighted by molar-refractivity contribution is 9.10. The van der Waals surface area contributed by atoms with Crippen LogP contribution in [-0.2, 0) is 5.41 Å². The average Bonchev–Trinajstić information content (AvgIpc) is 2.74. The van der Waals surface area contributed by atoms with Crippen molar-refractivity contribution in [3.8, 4) is 0 Å². The Labute approximate surface area is 99.6 Å². The Kier molecular flexibility index (Phi) is 2.47. The molecule has 1 N–H and O–H groups in total. The first kappa shape index (κ1) is 11.2. The zero-order valence-electron chi connectivity index (χ0n) is 9.47. The van der Waals surface area contributed by atoms with E-state index in [1.165, 1.54) is 11.1 Å². The third-order valence-corrected chi connectivity index (χ3v) is 4.39. The van der Waals surface area contributed by atoms with Crippen LogP contribution in [0.15, 0.2) is 22.7 Å². The van der Waals surface area contributed by atoms with Crippen molar-refractivity contribution < 1.29 is 5.11 Å². The summed E-state index contributed by atoms with van der Waals surface area (Å²) in [4.78, 5) is 0. The quantitative estimate of drug-likeness (QED) is 0.872. The van der Waals surface area contributed by atoms with E-state index >= 15 is 0 Å². The number of hydrogen-bond acceptors (Lipinski definition) is 1. The summed E-state index contributed by atoms with van der Waals surface area (Å²) in [6, 6.07) is 6.32. The van der Waals surface area contributed by atoms with E-state index in [1.54, 1.807) is 0 Å². The van der Waals surface area contributed by atoms with Gasteiger partial charge in [0.1, 0.15) is 0 Å². The van der Waals surface area contributed by atoms with Gasteiger partial charge in [-0.1, -0.05) is 35.8 Å². The summed E-state index contributed by atoms with van der Waals surface area (Å²) >= 11 is 3.50. The molecule has 0 heterocycles. The number of aliphatic hydroxyl groups is 1. The summed E-state index contributed by atoms with van der Waals surface area (Å²) in [6.07, 6.45) is 1.08. The van der Waals surface area contributed by atoms with Gasteiger partial charge in [-0.2, -0.15) is 0 Å². The number of aryl methyl sites for hydroxylation is 1. The third kappa shape index (κ3) is 1.55. The fraction of sp³-hybridized carbons (Fsp3) is 0.538. The van der Waals surface area contributed by atoms with Gasteiger partial charge in [-0.05, 0) is 42.0 Å². The van der Waals surface area contributed by atoms with Crippen molar-refractivity contribution in [2.24, 2.45) is 5.41 Å². The molecular weight excluding hydrogens is 252 g/mol. The second-order valence-corrected chi connectivity index (χ2v) is 6.18. The molecule has 1 nitrogen and oxygen atoms in total. The Hall–Kier alpha value is -0.340. The highest BCUT2D eigenvalue weighted by atomic mass is 79.9. The average molecular weight is 269 g/mol. The zero-order chi connectivity index (χ0) is 11.3. The first-order valence-electron chi connectivity index (χ1n) is 5.30. The maximum Gasteiger partial charge on any atom is 0.0533 e. The fourth-order valence-electron chi connectivity index (χ4n) is 2.63. The Morgan fingerprint density at radius 3 is 2.47 bits per heavy atom. The second kappa shape index (κ2) is 3.33. The molecule has 0 bridgehead atoms. The summed E-state index contributed by atoms with van der Waals surface area (Å²) in [5.74, 6) is 0. The van der Waals surface area contributed by atoms with Crippen LogP contribution in [-0.4, -0.2) is 11.7 Å². The molecule has 15 heavy (non-hydrogen) atoms. The minimum atomic E-state index is -0.0130. The van der Waals surface area contributed by atoms with Crippen molar-refractivity contribution in [1.82, 2.24) is 0 Å². The Balaban J connectivity index is 2.50. The van der Waals surface area contributed by atoms with Crippen LogP contribution in [0.3, 0.4) is 0 Å². The molecule has 1 atom stereocenters. The maximum absolute atomic E-state index is 9.65. The molecule has 2 rings (SSSR count). The normalized spacial score (nSPS) is 27.8. The largest absolute Gasteiger partial charge is 0.395 e. The van der Waals surface area contributed by atoms with Crippen molar-refractivity contribution >= 4 is 15.9 Å². The van der Waals surface area contributed by atoms with Crippen LogP contribution in [0.25, 0.3) is 0 Å². The Morgan fingerprint density at radius 2 is 2.00 bits per heavy atom. The zero-order valence-corrected chi connectivity index (χ0v) is 11.1. The molecule has 1 aliphatic carbocycles. The van der Waals surface area contributed by atoms with E-state index in [-0.39, 0.29) is 17.4 Å². The van der Waals surface area contributed by atoms with Crippen LogP contribution in [0.2, 0.25) is 0 Å². The first-order chi connectivity index (χ1) is 6.93. The van der Waals surface area contributed by atoms with E-state index in [9.17, 15) is 5.11 Å². The smallest absolute Gasteiger partial charge is 0.0533 e. The van der Waals surface area contributed by atoms with Gasteiger partial charge in [-0.15, -0.1) is 0 Å². The van der Waals surface area contributed by atoms with E-state index in [2.05, 4.69) is 54.9 Å². The second-order valence-electron chi connectivity index (χ2n) is 5.26. The highest BCUT2D eigenvalue weighted by Gasteiger charge is 2.62. The van der Waals surface area contributed by atoms with Gasteiger partial charge in [0.05, 0.1) is 6.61 Å². The van der Waals surface area contributed by atoms with E-state index in [1.807, 2.05) is 0 Å². The van der Waals surface area contributed by atoms with Crippen LogP contribution in [0.1, 0.15) is 31.4 Å². The van der Waals surface area contributed by atoms with Crippen molar-refractivity contribution in [3.05, 3.63) is 33.8 Å². The standard InChI is InChI=1S/C13H17BrO/c1-9-4-5-10(14)6-11(9)13(8-15)7-12(13,2)3/h4-6,15H,7-8H2,1-3H3. The molecule has 1 fully saturated rings. The van der Waals surface area contributed by atoms with E-state index in [4.69, 9.17) is 0 Å². The van der Waals surface area contributed by atoms with Gasteiger partial charge in [0.15, 0.2) is 0 Å². The molecule has 1 aromatic rings. The Morgan fingerprint density at radius 1 is 1.40 bits per heavy atom. The topological polar surface area (TPSA) is 20.2 Å². The third-order valence-electron chi connectivity index (χ3n) is 3.90. The van der Waals surface area contributed by atoms with Gasteiger partial charge in [-0.3, -0.25) is 0 Å². The molecule has 0 aliphatic heterocycles. The summed E-state index contributed by atoms with van der Waals surface area (Å²) in [6.45, 7) is 6.82. The predicted octanol–water partition coefficient (Wildman–Crippen LogP) is 3.42. The molecule has 2 heteroatoms. The molecule has 1 unspecified atom stereocenters. The van der Waals surface area contributed by atoms with Crippen molar-refractivity contribution in [2.75, 3.05) is 6.61 Å². The number of hydrogen-bond donors (Lipinski definition) is 1. The van der Waals surface area contributed by atoms with Crippen LogP contribution in [0.4, 0.5) is 0 Å². The van der Waals surface area contributed by atoms with Gasteiger partial charge < -0.3 is 5.11 Å². The molecule has 0 spiro atoms. The summed E-state index contributed by atoms with van der Waals surface area (Å²) in [5.41, 5.74) is 2.79. The van der Waals surface area contributed by atoms with E-state index in [0.29, 0.717) is 0 Å². The predicted molar refractivity (Wildman–Crippen MR) is 66.0 cm³/mol.